The zero-order valence-electron chi connectivity index (χ0n) is 10.7. The number of carbonyl (C=O) groups is 1. The van der Waals surface area contributed by atoms with E-state index in [9.17, 15) is 4.79 Å². The third-order valence-corrected chi connectivity index (χ3v) is 2.71. The summed E-state index contributed by atoms with van der Waals surface area (Å²) in [5, 5.41) is 4.12. The third-order valence-electron chi connectivity index (χ3n) is 2.71. The Kier molecular flexibility index (Phi) is 3.41. The van der Waals surface area contributed by atoms with Crippen LogP contribution >= 0.6 is 0 Å². The quantitative estimate of drug-likeness (QED) is 0.771. The minimum absolute atomic E-state index is 0.126. The van der Waals surface area contributed by atoms with Crippen molar-refractivity contribution in [3.63, 3.8) is 0 Å². The molecule has 2 aromatic heterocycles. The third kappa shape index (κ3) is 2.11. The fourth-order valence-electron chi connectivity index (χ4n) is 1.73. The largest absolute Gasteiger partial charge is 0.493 e. The number of pyridine rings is 1. The number of hydrogen-bond donors (Lipinski definition) is 0. The number of hydrogen-bond acceptors (Lipinski definition) is 4. The number of methoxy groups -OCH3 is 1. The Morgan fingerprint density at radius 3 is 2.72 bits per heavy atom. The number of rotatable bonds is 4. The van der Waals surface area contributed by atoms with Gasteiger partial charge in [0, 0.05) is 24.0 Å². The molecular formula is C13H15N3O2. The second-order valence-electron chi connectivity index (χ2n) is 3.89. The molecule has 0 aliphatic rings. The molecular weight excluding hydrogens is 230 g/mol. The summed E-state index contributed by atoms with van der Waals surface area (Å²) in [6.45, 7) is 4.42. The number of ether oxygens (including phenoxy) is 1. The number of ketones is 1. The van der Waals surface area contributed by atoms with E-state index in [4.69, 9.17) is 4.74 Å². The van der Waals surface area contributed by atoms with Crippen molar-refractivity contribution in [2.75, 3.05) is 7.11 Å². The highest BCUT2D eigenvalue weighted by molar-refractivity contribution is 6.09. The molecule has 0 amide bonds. The molecule has 2 aromatic rings. The van der Waals surface area contributed by atoms with Gasteiger partial charge >= 0.3 is 0 Å². The highest BCUT2D eigenvalue weighted by Gasteiger charge is 2.20. The van der Waals surface area contributed by atoms with Gasteiger partial charge < -0.3 is 4.74 Å². The molecule has 5 heteroatoms. The smallest absolute Gasteiger partial charge is 0.216 e. The molecule has 18 heavy (non-hydrogen) atoms. The van der Waals surface area contributed by atoms with Gasteiger partial charge in [-0.2, -0.15) is 5.10 Å². The zero-order chi connectivity index (χ0) is 13.1. The Labute approximate surface area is 105 Å². The molecule has 0 aliphatic carbocycles. The fraction of sp³-hybridized carbons (Fsp3) is 0.308. The van der Waals surface area contributed by atoms with Gasteiger partial charge in [0.15, 0.2) is 11.4 Å². The van der Waals surface area contributed by atoms with Crippen LogP contribution in [0, 0.1) is 6.92 Å². The molecule has 0 saturated carbocycles. The molecule has 0 saturated heterocycles. The van der Waals surface area contributed by atoms with Gasteiger partial charge in [-0.25, -0.2) is 0 Å². The van der Waals surface area contributed by atoms with Crippen molar-refractivity contribution < 1.29 is 9.53 Å². The first-order valence-electron chi connectivity index (χ1n) is 5.74. The van der Waals surface area contributed by atoms with Crippen molar-refractivity contribution in [2.45, 2.75) is 20.4 Å². The first-order valence-corrected chi connectivity index (χ1v) is 5.74. The van der Waals surface area contributed by atoms with Gasteiger partial charge in [-0.3, -0.25) is 14.5 Å². The molecule has 0 atom stereocenters. The van der Waals surface area contributed by atoms with E-state index < -0.39 is 0 Å². The maximum Gasteiger partial charge on any atom is 0.216 e. The first-order chi connectivity index (χ1) is 8.67. The summed E-state index contributed by atoms with van der Waals surface area (Å²) in [6, 6.07) is 3.57. The van der Waals surface area contributed by atoms with Gasteiger partial charge in [-0.15, -0.1) is 0 Å². The summed E-state index contributed by atoms with van der Waals surface area (Å²) >= 11 is 0. The summed E-state index contributed by atoms with van der Waals surface area (Å²) in [4.78, 5) is 16.5. The number of nitrogens with zero attached hydrogens (tertiary/aromatic N) is 3. The average molecular weight is 245 g/mol. The van der Waals surface area contributed by atoms with Crippen LogP contribution in [0.5, 0.6) is 5.75 Å². The van der Waals surface area contributed by atoms with E-state index in [1.807, 2.05) is 19.9 Å². The SMILES string of the molecule is CCn1ncc(OC)c1C(=O)c1ccc(C)nc1. The van der Waals surface area contributed by atoms with E-state index in [1.54, 1.807) is 23.1 Å². The summed E-state index contributed by atoms with van der Waals surface area (Å²) in [7, 11) is 1.53. The molecule has 0 unspecified atom stereocenters. The second-order valence-corrected chi connectivity index (χ2v) is 3.89. The molecule has 5 nitrogen and oxygen atoms in total. The van der Waals surface area contributed by atoms with E-state index >= 15 is 0 Å². The van der Waals surface area contributed by atoms with E-state index in [1.165, 1.54) is 7.11 Å². The molecule has 2 rings (SSSR count). The monoisotopic (exact) mass is 245 g/mol. The van der Waals surface area contributed by atoms with Crippen LogP contribution in [0.1, 0.15) is 28.7 Å². The van der Waals surface area contributed by atoms with Gasteiger partial charge in [0.25, 0.3) is 0 Å². The van der Waals surface area contributed by atoms with Gasteiger partial charge in [0.1, 0.15) is 0 Å². The van der Waals surface area contributed by atoms with Crippen LogP contribution in [0.4, 0.5) is 0 Å². The predicted molar refractivity (Wildman–Crippen MR) is 66.9 cm³/mol. The minimum atomic E-state index is -0.126. The van der Waals surface area contributed by atoms with Gasteiger partial charge in [0.2, 0.25) is 5.78 Å². The van der Waals surface area contributed by atoms with Crippen molar-refractivity contribution >= 4 is 5.78 Å². The van der Waals surface area contributed by atoms with Crippen LogP contribution in [-0.4, -0.2) is 27.7 Å². The van der Waals surface area contributed by atoms with Gasteiger partial charge in [-0.05, 0) is 26.0 Å². The number of aryl methyl sites for hydroxylation is 2. The van der Waals surface area contributed by atoms with Crippen LogP contribution in [-0.2, 0) is 6.54 Å². The number of carbonyl (C=O) groups excluding carboxylic acids is 1. The maximum atomic E-state index is 12.4. The standard InChI is InChI=1S/C13H15N3O2/c1-4-16-12(11(18-3)8-15-16)13(17)10-6-5-9(2)14-7-10/h5-8H,4H2,1-3H3. The Morgan fingerprint density at radius 2 is 2.17 bits per heavy atom. The molecule has 94 valence electrons. The molecule has 0 radical (unpaired) electrons. The van der Waals surface area contributed by atoms with Crippen molar-refractivity contribution in [2.24, 2.45) is 0 Å². The Bertz CT molecular complexity index is 537. The van der Waals surface area contributed by atoms with E-state index in [-0.39, 0.29) is 5.78 Å². The molecule has 0 spiro atoms. The minimum Gasteiger partial charge on any atom is -0.493 e. The van der Waals surface area contributed by atoms with E-state index in [0.29, 0.717) is 23.6 Å². The lowest BCUT2D eigenvalue weighted by atomic mass is 10.1. The average Bonchev–Trinajstić information content (AvgIpc) is 2.81. The normalized spacial score (nSPS) is 10.4. The van der Waals surface area contributed by atoms with Gasteiger partial charge in [-0.1, -0.05) is 0 Å². The van der Waals surface area contributed by atoms with Crippen LogP contribution in [0.25, 0.3) is 0 Å². The molecule has 0 fully saturated rings. The number of aromatic nitrogens is 3. The first kappa shape index (κ1) is 12.3. The lowest BCUT2D eigenvalue weighted by molar-refractivity contribution is 0.102. The van der Waals surface area contributed by atoms with Crippen molar-refractivity contribution in [3.05, 3.63) is 41.5 Å². The van der Waals surface area contributed by atoms with Crippen molar-refractivity contribution in [1.29, 1.82) is 0 Å². The molecule has 0 N–H and O–H groups in total. The van der Waals surface area contributed by atoms with Crippen LogP contribution in [0.3, 0.4) is 0 Å². The Hall–Kier alpha value is -2.17. The van der Waals surface area contributed by atoms with E-state index in [2.05, 4.69) is 10.1 Å². The highest BCUT2D eigenvalue weighted by atomic mass is 16.5. The Morgan fingerprint density at radius 1 is 1.39 bits per heavy atom. The van der Waals surface area contributed by atoms with Crippen LogP contribution < -0.4 is 4.74 Å². The Balaban J connectivity index is 2.44. The van der Waals surface area contributed by atoms with Gasteiger partial charge in [0.05, 0.1) is 13.3 Å². The summed E-state index contributed by atoms with van der Waals surface area (Å²) in [5.74, 6) is 0.362. The molecule has 0 aliphatic heterocycles. The van der Waals surface area contributed by atoms with Crippen molar-refractivity contribution in [3.8, 4) is 5.75 Å². The summed E-state index contributed by atoms with van der Waals surface area (Å²) in [5.41, 5.74) is 1.88. The molecule has 0 bridgehead atoms. The van der Waals surface area contributed by atoms with Crippen LogP contribution in [0.15, 0.2) is 24.5 Å². The summed E-state index contributed by atoms with van der Waals surface area (Å²) in [6.07, 6.45) is 3.13. The fourth-order valence-corrected chi connectivity index (χ4v) is 1.73. The lowest BCUT2D eigenvalue weighted by Gasteiger charge is -2.06. The summed E-state index contributed by atoms with van der Waals surface area (Å²) < 4.78 is 6.80. The van der Waals surface area contributed by atoms with Crippen LogP contribution in [0.2, 0.25) is 0 Å². The second kappa shape index (κ2) is 5.00. The predicted octanol–water partition coefficient (Wildman–Crippen LogP) is 1.85. The molecule has 0 aromatic carbocycles. The topological polar surface area (TPSA) is 57.0 Å². The van der Waals surface area contributed by atoms with E-state index in [0.717, 1.165) is 5.69 Å². The zero-order valence-corrected chi connectivity index (χ0v) is 10.7. The molecule has 2 heterocycles. The van der Waals surface area contributed by atoms with Crippen molar-refractivity contribution in [1.82, 2.24) is 14.8 Å². The lowest BCUT2D eigenvalue weighted by Crippen LogP contribution is -2.12. The maximum absolute atomic E-state index is 12.4. The highest BCUT2D eigenvalue weighted by Crippen LogP contribution is 2.21.